The van der Waals surface area contributed by atoms with Crippen LogP contribution in [-0.4, -0.2) is 15.0 Å². The lowest BCUT2D eigenvalue weighted by atomic mass is 9.82. The maximum Gasteiger partial charge on any atom is 0.163 e. The van der Waals surface area contributed by atoms with Crippen molar-refractivity contribution in [2.24, 2.45) is 0 Å². The summed E-state index contributed by atoms with van der Waals surface area (Å²) in [5, 5.41) is 4.78. The molecule has 0 unspecified atom stereocenters. The predicted molar refractivity (Wildman–Crippen MR) is 232 cm³/mol. The molecule has 2 aromatic heterocycles. The monoisotopic (exact) mass is 729 g/mol. The highest BCUT2D eigenvalue weighted by Gasteiger charge is 2.35. The summed E-state index contributed by atoms with van der Waals surface area (Å²) in [6.07, 6.45) is 0.518. The Bertz CT molecular complexity index is 3300. The third-order valence-corrected chi connectivity index (χ3v) is 12.3. The van der Waals surface area contributed by atoms with Crippen LogP contribution >= 0.6 is 0 Å². The molecular weight excluding hydrogens is 695 g/mol. The number of fused-ring (bicyclic) bond motifs is 9. The van der Waals surface area contributed by atoms with Crippen molar-refractivity contribution in [2.45, 2.75) is 25.7 Å². The molecule has 8 aromatic carbocycles. The lowest BCUT2D eigenvalue weighted by molar-refractivity contribution is 0.660. The molecule has 0 bridgehead atoms. The summed E-state index contributed by atoms with van der Waals surface area (Å²) in [6.45, 7) is 4.61. The van der Waals surface area contributed by atoms with Crippen molar-refractivity contribution < 1.29 is 4.42 Å². The van der Waals surface area contributed by atoms with Gasteiger partial charge in [0.05, 0.1) is 0 Å². The number of hydrogen-bond acceptors (Lipinski definition) is 4. The minimum Gasteiger partial charge on any atom is -0.456 e. The van der Waals surface area contributed by atoms with Gasteiger partial charge in [0.15, 0.2) is 11.6 Å². The van der Waals surface area contributed by atoms with Gasteiger partial charge in [-0.15, -0.1) is 0 Å². The van der Waals surface area contributed by atoms with E-state index in [1.807, 2.05) is 18.2 Å². The highest BCUT2D eigenvalue weighted by molar-refractivity contribution is 6.18. The highest BCUT2D eigenvalue weighted by Crippen LogP contribution is 2.52. The van der Waals surface area contributed by atoms with E-state index in [1.54, 1.807) is 0 Å². The number of hydrogen-bond donors (Lipinski definition) is 0. The normalized spacial score (nSPS) is 13.3. The van der Waals surface area contributed by atoms with Crippen LogP contribution in [0, 0.1) is 0 Å². The lowest BCUT2D eigenvalue weighted by Gasteiger charge is -2.21. The number of rotatable bonds is 5. The summed E-state index contributed by atoms with van der Waals surface area (Å²) in [6, 6.07) is 58.6. The van der Waals surface area contributed by atoms with Gasteiger partial charge in [0, 0.05) is 33.7 Å². The smallest absolute Gasteiger partial charge is 0.163 e. The maximum absolute atomic E-state index is 6.53. The summed E-state index contributed by atoms with van der Waals surface area (Å²) in [5.74, 6) is 2.05. The van der Waals surface area contributed by atoms with Crippen molar-refractivity contribution in [1.82, 2.24) is 15.0 Å². The molecule has 2 heterocycles. The van der Waals surface area contributed by atoms with Crippen LogP contribution in [0.1, 0.15) is 36.4 Å². The van der Waals surface area contributed by atoms with Crippen LogP contribution in [0.4, 0.5) is 0 Å². The summed E-state index contributed by atoms with van der Waals surface area (Å²) >= 11 is 0. The molecule has 2 aliphatic carbocycles. The minimum atomic E-state index is -0.0740. The third-order valence-electron chi connectivity index (χ3n) is 12.3. The second-order valence-electron chi connectivity index (χ2n) is 15.9. The molecular formula is C53H35N3O. The number of aromatic nitrogens is 3. The van der Waals surface area contributed by atoms with Crippen molar-refractivity contribution in [3.05, 3.63) is 186 Å². The van der Waals surface area contributed by atoms with Crippen molar-refractivity contribution >= 4 is 32.7 Å². The fraction of sp³-hybridized carbons (Fsp3) is 0.0755. The van der Waals surface area contributed by atoms with Crippen LogP contribution in [0.15, 0.2) is 168 Å². The molecule has 268 valence electrons. The summed E-state index contributed by atoms with van der Waals surface area (Å²) < 4.78 is 6.53. The van der Waals surface area contributed by atoms with E-state index in [2.05, 4.69) is 159 Å². The van der Waals surface area contributed by atoms with E-state index in [-0.39, 0.29) is 5.41 Å². The van der Waals surface area contributed by atoms with Crippen LogP contribution in [0.3, 0.4) is 0 Å². The predicted octanol–water partition coefficient (Wildman–Crippen LogP) is 13.5. The average molecular weight is 730 g/mol. The van der Waals surface area contributed by atoms with Gasteiger partial charge >= 0.3 is 0 Å². The summed E-state index contributed by atoms with van der Waals surface area (Å²) in [7, 11) is 0. The van der Waals surface area contributed by atoms with Crippen molar-refractivity contribution in [1.29, 1.82) is 0 Å². The average Bonchev–Trinajstić information content (AvgIpc) is 3.88. The molecule has 12 rings (SSSR count). The van der Waals surface area contributed by atoms with Gasteiger partial charge in [0.2, 0.25) is 0 Å². The van der Waals surface area contributed by atoms with Gasteiger partial charge in [-0.3, -0.25) is 0 Å². The molecule has 0 spiro atoms. The van der Waals surface area contributed by atoms with E-state index in [4.69, 9.17) is 19.4 Å². The molecule has 4 heteroatoms. The van der Waals surface area contributed by atoms with E-state index in [9.17, 15) is 0 Å². The van der Waals surface area contributed by atoms with Crippen molar-refractivity contribution in [3.8, 4) is 67.3 Å². The third kappa shape index (κ3) is 4.77. The molecule has 57 heavy (non-hydrogen) atoms. The molecule has 2 aliphatic rings. The zero-order valence-electron chi connectivity index (χ0n) is 31.5. The quantitative estimate of drug-likeness (QED) is 0.177. The Hall–Kier alpha value is -7.17. The van der Waals surface area contributed by atoms with Crippen molar-refractivity contribution in [3.63, 3.8) is 0 Å². The second-order valence-corrected chi connectivity index (χ2v) is 15.9. The molecule has 0 radical (unpaired) electrons. The first-order valence-corrected chi connectivity index (χ1v) is 19.6. The van der Waals surface area contributed by atoms with E-state index in [1.165, 1.54) is 60.8 Å². The molecule has 0 saturated heterocycles. The Labute approximate surface area is 330 Å². The summed E-state index contributed by atoms with van der Waals surface area (Å²) in [5.41, 5.74) is 17.4. The Balaban J connectivity index is 0.994. The van der Waals surface area contributed by atoms with Crippen LogP contribution in [-0.2, 0) is 11.8 Å². The zero-order valence-corrected chi connectivity index (χ0v) is 31.5. The minimum absolute atomic E-state index is 0.0740. The van der Waals surface area contributed by atoms with Gasteiger partial charge in [-0.05, 0) is 96.2 Å². The van der Waals surface area contributed by atoms with Gasteiger partial charge < -0.3 is 4.42 Å². The van der Waals surface area contributed by atoms with E-state index in [0.29, 0.717) is 23.9 Å². The Morgan fingerprint density at radius 1 is 0.456 bits per heavy atom. The standard InChI is InChI=1S/C53H35N3O/c1-53(2)43-22-7-6-17-37(43)41-29-35(24-26-44(41)53)52-55-47(54-51(56-52)32-12-4-3-5-13-32)30-34-16-10-23-46-49(34)42-28-33(25-27-45(42)57-46)36-18-11-20-39-38-19-8-14-31-15-9-21-40(48(31)38)50(36)39/h3-29H,30H2,1-2H3. The van der Waals surface area contributed by atoms with Crippen LogP contribution in [0.2, 0.25) is 0 Å². The van der Waals surface area contributed by atoms with E-state index in [0.717, 1.165) is 44.2 Å². The molecule has 0 fully saturated rings. The van der Waals surface area contributed by atoms with Crippen LogP contribution in [0.5, 0.6) is 0 Å². The largest absolute Gasteiger partial charge is 0.456 e. The number of nitrogens with zero attached hydrogens (tertiary/aromatic N) is 3. The van der Waals surface area contributed by atoms with E-state index < -0.39 is 0 Å². The zero-order chi connectivity index (χ0) is 37.8. The molecule has 10 aromatic rings. The highest BCUT2D eigenvalue weighted by atomic mass is 16.3. The molecule has 0 amide bonds. The fourth-order valence-electron chi connectivity index (χ4n) is 9.67. The van der Waals surface area contributed by atoms with E-state index >= 15 is 0 Å². The second kappa shape index (κ2) is 11.9. The molecule has 0 saturated carbocycles. The van der Waals surface area contributed by atoms with Crippen molar-refractivity contribution in [2.75, 3.05) is 0 Å². The molecule has 0 atom stereocenters. The van der Waals surface area contributed by atoms with Gasteiger partial charge in [-0.2, -0.15) is 0 Å². The first-order chi connectivity index (χ1) is 28.0. The summed E-state index contributed by atoms with van der Waals surface area (Å²) in [4.78, 5) is 15.4. The topological polar surface area (TPSA) is 51.8 Å². The molecule has 0 aliphatic heterocycles. The fourth-order valence-corrected chi connectivity index (χ4v) is 9.67. The van der Waals surface area contributed by atoms with Crippen LogP contribution < -0.4 is 0 Å². The Kier molecular flexibility index (Phi) is 6.71. The molecule has 0 N–H and O–H groups in total. The number of benzene rings is 8. The first kappa shape index (κ1) is 32.1. The maximum atomic E-state index is 6.53. The first-order valence-electron chi connectivity index (χ1n) is 19.6. The van der Waals surface area contributed by atoms with Gasteiger partial charge in [-0.25, -0.2) is 15.0 Å². The van der Waals surface area contributed by atoms with Crippen LogP contribution in [0.25, 0.3) is 100.0 Å². The lowest BCUT2D eigenvalue weighted by Crippen LogP contribution is -2.14. The number of furan rings is 1. The SMILES string of the molecule is CC1(C)c2ccccc2-c2cc(-c3nc(Cc4cccc5oc6ccc(-c7cccc8c7-c7cccc9cccc-8c79)cc6c45)nc(-c4ccccc4)n3)ccc21. The Morgan fingerprint density at radius 2 is 1.14 bits per heavy atom. The van der Waals surface area contributed by atoms with Gasteiger partial charge in [0.25, 0.3) is 0 Å². The van der Waals surface area contributed by atoms with Gasteiger partial charge in [0.1, 0.15) is 17.0 Å². The molecule has 4 nitrogen and oxygen atoms in total. The van der Waals surface area contributed by atoms with Gasteiger partial charge in [-0.1, -0.05) is 153 Å². The Morgan fingerprint density at radius 3 is 2.02 bits per heavy atom.